The van der Waals surface area contributed by atoms with Crippen molar-refractivity contribution in [3.05, 3.63) is 52.8 Å². The van der Waals surface area contributed by atoms with Crippen LogP contribution in [0.2, 0.25) is 0 Å². The number of benzene rings is 1. The zero-order valence-corrected chi connectivity index (χ0v) is 11.5. The predicted octanol–water partition coefficient (Wildman–Crippen LogP) is 2.99. The standard InChI is InChI=1S/C12H10BrNO2S/c1-9-7-10(4-5-12(9)13)17(15,16)11-3-2-6-14-8-11/h2-8H,1H3. The summed E-state index contributed by atoms with van der Waals surface area (Å²) < 4.78 is 25.4. The molecule has 1 aromatic heterocycles. The summed E-state index contributed by atoms with van der Waals surface area (Å²) in [6, 6.07) is 8.11. The number of hydrogen-bond acceptors (Lipinski definition) is 3. The first-order valence-corrected chi connectivity index (χ1v) is 7.21. The van der Waals surface area contributed by atoms with Crippen LogP contribution in [0.25, 0.3) is 0 Å². The quantitative estimate of drug-likeness (QED) is 0.856. The lowest BCUT2D eigenvalue weighted by Gasteiger charge is -2.05. The van der Waals surface area contributed by atoms with Crippen LogP contribution < -0.4 is 0 Å². The van der Waals surface area contributed by atoms with E-state index in [0.717, 1.165) is 10.0 Å². The van der Waals surface area contributed by atoms with Gasteiger partial charge < -0.3 is 0 Å². The molecule has 0 spiro atoms. The average Bonchev–Trinajstić information content (AvgIpc) is 2.33. The van der Waals surface area contributed by atoms with Gasteiger partial charge in [-0.25, -0.2) is 8.42 Å². The van der Waals surface area contributed by atoms with Gasteiger partial charge in [0.2, 0.25) is 9.84 Å². The molecule has 0 aliphatic carbocycles. The van der Waals surface area contributed by atoms with Gasteiger partial charge in [0.05, 0.1) is 9.79 Å². The van der Waals surface area contributed by atoms with Crippen molar-refractivity contribution in [2.24, 2.45) is 0 Å². The smallest absolute Gasteiger partial charge is 0.208 e. The van der Waals surface area contributed by atoms with Crippen molar-refractivity contribution in [2.45, 2.75) is 16.7 Å². The third-order valence-corrected chi connectivity index (χ3v) is 5.01. The maximum absolute atomic E-state index is 12.2. The Labute approximate surface area is 109 Å². The molecule has 2 aromatic rings. The van der Waals surface area contributed by atoms with Gasteiger partial charge in [0.25, 0.3) is 0 Å². The number of hydrogen-bond donors (Lipinski definition) is 0. The van der Waals surface area contributed by atoms with Gasteiger partial charge in [-0.1, -0.05) is 15.9 Å². The molecular weight excluding hydrogens is 302 g/mol. The third-order valence-electron chi connectivity index (χ3n) is 2.38. The highest BCUT2D eigenvalue weighted by Gasteiger charge is 2.17. The Morgan fingerprint density at radius 3 is 2.53 bits per heavy atom. The monoisotopic (exact) mass is 311 g/mol. The molecule has 2 rings (SSSR count). The van der Waals surface area contributed by atoms with Crippen molar-refractivity contribution in [1.29, 1.82) is 0 Å². The van der Waals surface area contributed by atoms with Crippen LogP contribution in [0.1, 0.15) is 5.56 Å². The topological polar surface area (TPSA) is 47.0 Å². The second-order valence-corrected chi connectivity index (χ2v) is 6.41. The maximum atomic E-state index is 12.2. The molecular formula is C12H10BrNO2S. The number of nitrogens with zero attached hydrogens (tertiary/aromatic N) is 1. The Morgan fingerprint density at radius 2 is 1.94 bits per heavy atom. The largest absolute Gasteiger partial charge is 0.263 e. The molecule has 0 saturated heterocycles. The molecule has 3 nitrogen and oxygen atoms in total. The second-order valence-electron chi connectivity index (χ2n) is 3.60. The maximum Gasteiger partial charge on any atom is 0.208 e. The van der Waals surface area contributed by atoms with Crippen molar-refractivity contribution >= 4 is 25.8 Å². The third kappa shape index (κ3) is 2.40. The molecule has 0 atom stereocenters. The molecule has 0 unspecified atom stereocenters. The summed E-state index contributed by atoms with van der Waals surface area (Å²) in [6.07, 6.45) is 2.90. The molecule has 0 saturated carbocycles. The normalized spacial score (nSPS) is 11.4. The summed E-state index contributed by atoms with van der Waals surface area (Å²) in [7, 11) is -3.46. The van der Waals surface area contributed by atoms with E-state index in [1.54, 1.807) is 36.5 Å². The summed E-state index contributed by atoms with van der Waals surface area (Å²) in [5.41, 5.74) is 0.884. The minimum atomic E-state index is -3.46. The average molecular weight is 312 g/mol. The number of aryl methyl sites for hydroxylation is 1. The molecule has 0 aliphatic rings. The van der Waals surface area contributed by atoms with E-state index in [2.05, 4.69) is 20.9 Å². The molecule has 0 bridgehead atoms. The SMILES string of the molecule is Cc1cc(S(=O)(=O)c2cccnc2)ccc1Br. The number of pyridine rings is 1. The number of halogens is 1. The van der Waals surface area contributed by atoms with E-state index < -0.39 is 9.84 Å². The van der Waals surface area contributed by atoms with Crippen molar-refractivity contribution in [1.82, 2.24) is 4.98 Å². The summed E-state index contributed by atoms with van der Waals surface area (Å²) in [5.74, 6) is 0. The van der Waals surface area contributed by atoms with E-state index in [9.17, 15) is 8.42 Å². The molecule has 1 aromatic carbocycles. The van der Waals surface area contributed by atoms with Crippen LogP contribution >= 0.6 is 15.9 Å². The Hall–Kier alpha value is -1.20. The fourth-order valence-corrected chi connectivity index (χ4v) is 2.98. The van der Waals surface area contributed by atoms with Crippen LogP contribution in [-0.2, 0) is 9.84 Å². The molecule has 5 heteroatoms. The van der Waals surface area contributed by atoms with Gasteiger partial charge in [-0.05, 0) is 42.8 Å². The van der Waals surface area contributed by atoms with Crippen LogP contribution in [0.15, 0.2) is 57.0 Å². The number of rotatable bonds is 2. The molecule has 0 fully saturated rings. The van der Waals surface area contributed by atoms with Crippen LogP contribution in [-0.4, -0.2) is 13.4 Å². The van der Waals surface area contributed by atoms with E-state index in [1.807, 2.05) is 6.92 Å². The zero-order chi connectivity index (χ0) is 12.5. The van der Waals surface area contributed by atoms with Crippen LogP contribution in [0.5, 0.6) is 0 Å². The van der Waals surface area contributed by atoms with Gasteiger partial charge in [0.15, 0.2) is 0 Å². The van der Waals surface area contributed by atoms with Crippen molar-refractivity contribution in [3.8, 4) is 0 Å². The van der Waals surface area contributed by atoms with Crippen molar-refractivity contribution in [2.75, 3.05) is 0 Å². The predicted molar refractivity (Wildman–Crippen MR) is 68.6 cm³/mol. The van der Waals surface area contributed by atoms with E-state index >= 15 is 0 Å². The minimum absolute atomic E-state index is 0.210. The highest BCUT2D eigenvalue weighted by atomic mass is 79.9. The highest BCUT2D eigenvalue weighted by Crippen LogP contribution is 2.24. The first-order valence-electron chi connectivity index (χ1n) is 4.93. The van der Waals surface area contributed by atoms with E-state index in [-0.39, 0.29) is 9.79 Å². The lowest BCUT2D eigenvalue weighted by molar-refractivity contribution is 0.595. The minimum Gasteiger partial charge on any atom is -0.263 e. The van der Waals surface area contributed by atoms with Crippen LogP contribution in [0.4, 0.5) is 0 Å². The first kappa shape index (κ1) is 12.3. The molecule has 0 amide bonds. The fourth-order valence-electron chi connectivity index (χ4n) is 1.43. The van der Waals surface area contributed by atoms with Crippen molar-refractivity contribution in [3.63, 3.8) is 0 Å². The van der Waals surface area contributed by atoms with Gasteiger partial charge in [-0.3, -0.25) is 4.98 Å². The van der Waals surface area contributed by atoms with Crippen molar-refractivity contribution < 1.29 is 8.42 Å². The van der Waals surface area contributed by atoms with Gasteiger partial charge >= 0.3 is 0 Å². The molecule has 17 heavy (non-hydrogen) atoms. The summed E-state index contributed by atoms with van der Waals surface area (Å²) >= 11 is 3.35. The number of sulfone groups is 1. The highest BCUT2D eigenvalue weighted by molar-refractivity contribution is 9.10. The second kappa shape index (κ2) is 4.58. The van der Waals surface area contributed by atoms with Crippen LogP contribution in [0, 0.1) is 6.92 Å². The lowest BCUT2D eigenvalue weighted by Crippen LogP contribution is -2.02. The van der Waals surface area contributed by atoms with E-state index in [0.29, 0.717) is 0 Å². The number of aromatic nitrogens is 1. The Morgan fingerprint density at radius 1 is 1.18 bits per heavy atom. The van der Waals surface area contributed by atoms with Crippen LogP contribution in [0.3, 0.4) is 0 Å². The summed E-state index contributed by atoms with van der Waals surface area (Å²) in [5, 5.41) is 0. The Balaban J connectivity index is 2.57. The molecule has 0 N–H and O–H groups in total. The summed E-state index contributed by atoms with van der Waals surface area (Å²) in [6.45, 7) is 1.85. The van der Waals surface area contributed by atoms with E-state index in [4.69, 9.17) is 0 Å². The molecule has 0 radical (unpaired) electrons. The molecule has 1 heterocycles. The van der Waals surface area contributed by atoms with Gasteiger partial charge in [0.1, 0.15) is 0 Å². The lowest BCUT2D eigenvalue weighted by atomic mass is 10.2. The fraction of sp³-hybridized carbons (Fsp3) is 0.0833. The zero-order valence-electron chi connectivity index (χ0n) is 9.09. The van der Waals surface area contributed by atoms with Gasteiger partial charge in [0, 0.05) is 16.9 Å². The molecule has 88 valence electrons. The molecule has 0 aliphatic heterocycles. The van der Waals surface area contributed by atoms with Gasteiger partial charge in [-0.15, -0.1) is 0 Å². The first-order chi connectivity index (χ1) is 8.01. The Kier molecular flexibility index (Phi) is 3.31. The van der Waals surface area contributed by atoms with E-state index in [1.165, 1.54) is 6.20 Å². The Bertz CT molecular complexity index is 639. The summed E-state index contributed by atoms with van der Waals surface area (Å²) in [4.78, 5) is 4.32. The van der Waals surface area contributed by atoms with Gasteiger partial charge in [-0.2, -0.15) is 0 Å².